The lowest BCUT2D eigenvalue weighted by Gasteiger charge is -2.04. The van der Waals surface area contributed by atoms with Gasteiger partial charge in [0.1, 0.15) is 6.42 Å². The number of amides is 1. The van der Waals surface area contributed by atoms with Gasteiger partial charge in [-0.15, -0.1) is 0 Å². The van der Waals surface area contributed by atoms with E-state index in [2.05, 4.69) is 15.5 Å². The summed E-state index contributed by atoms with van der Waals surface area (Å²) in [5.74, 6) is 0.445. The summed E-state index contributed by atoms with van der Waals surface area (Å²) in [7, 11) is -3.70. The number of carbonyl (C=O) groups excluding carboxylic acids is 1. The minimum atomic E-state index is -3.70. The third kappa shape index (κ3) is 4.36. The number of nitrogens with zero attached hydrogens (tertiary/aromatic N) is 2. The minimum absolute atomic E-state index is 0.00387. The average Bonchev–Trinajstić information content (AvgIpc) is 2.81. The maximum atomic E-state index is 11.7. The molecule has 1 aromatic heterocycles. The molecule has 0 fully saturated rings. The maximum Gasteiger partial charge on any atom is 0.238 e. The van der Waals surface area contributed by atoms with Crippen LogP contribution in [0.5, 0.6) is 0 Å². The second-order valence-corrected chi connectivity index (χ2v) is 5.94. The smallest absolute Gasteiger partial charge is 0.238 e. The molecule has 21 heavy (non-hydrogen) atoms. The second kappa shape index (κ2) is 6.02. The molecule has 0 aliphatic carbocycles. The van der Waals surface area contributed by atoms with Gasteiger partial charge in [0.15, 0.2) is 5.82 Å². The van der Waals surface area contributed by atoms with Crippen molar-refractivity contribution < 1.29 is 17.7 Å². The van der Waals surface area contributed by atoms with E-state index >= 15 is 0 Å². The van der Waals surface area contributed by atoms with E-state index in [0.29, 0.717) is 5.82 Å². The molecule has 0 saturated carbocycles. The zero-order chi connectivity index (χ0) is 15.5. The predicted molar refractivity (Wildman–Crippen MR) is 72.4 cm³/mol. The predicted octanol–water partition coefficient (Wildman–Crippen LogP) is -0.116. The maximum absolute atomic E-state index is 11.7. The van der Waals surface area contributed by atoms with Crippen molar-refractivity contribution in [2.75, 3.05) is 0 Å². The van der Waals surface area contributed by atoms with Crippen LogP contribution in [0.2, 0.25) is 0 Å². The Morgan fingerprint density at radius 2 is 2.00 bits per heavy atom. The number of hydrogen-bond donors (Lipinski definition) is 2. The Kier molecular flexibility index (Phi) is 4.34. The molecular formula is C12H14N4O4S. The highest BCUT2D eigenvalue weighted by molar-refractivity contribution is 7.89. The van der Waals surface area contributed by atoms with E-state index in [1.165, 1.54) is 12.1 Å². The van der Waals surface area contributed by atoms with E-state index in [1.807, 2.05) is 0 Å². The fraction of sp³-hybridized carbons (Fsp3) is 0.250. The number of nitrogens with two attached hydrogens (primary N) is 1. The Morgan fingerprint density at radius 3 is 2.52 bits per heavy atom. The molecule has 8 nitrogen and oxygen atoms in total. The van der Waals surface area contributed by atoms with Crippen molar-refractivity contribution in [1.29, 1.82) is 0 Å². The molecule has 0 bridgehead atoms. The van der Waals surface area contributed by atoms with Crippen LogP contribution in [0.3, 0.4) is 0 Å². The summed E-state index contributed by atoms with van der Waals surface area (Å²) >= 11 is 0. The number of benzene rings is 1. The van der Waals surface area contributed by atoms with Crippen LogP contribution in [0.1, 0.15) is 17.3 Å². The largest absolute Gasteiger partial charge is 0.352 e. The lowest BCUT2D eigenvalue weighted by atomic mass is 10.2. The fourth-order valence-corrected chi connectivity index (χ4v) is 2.12. The molecule has 1 heterocycles. The Labute approximate surface area is 121 Å². The summed E-state index contributed by atoms with van der Waals surface area (Å²) in [5.41, 5.74) is 0.748. The van der Waals surface area contributed by atoms with Gasteiger partial charge in [0.2, 0.25) is 21.8 Å². The van der Waals surface area contributed by atoms with Crippen molar-refractivity contribution in [1.82, 2.24) is 15.5 Å². The standard InChI is InChI=1S/C12H14N4O4S/c1-8-15-12(20-16-8)6-11(17)14-7-9-2-4-10(5-3-9)21(13,18)19/h2-5H,6-7H2,1H3,(H,14,17)(H2,13,18,19). The molecule has 0 saturated heterocycles. The number of aryl methyl sites for hydroxylation is 1. The molecule has 0 radical (unpaired) electrons. The van der Waals surface area contributed by atoms with E-state index in [0.717, 1.165) is 5.56 Å². The highest BCUT2D eigenvalue weighted by atomic mass is 32.2. The van der Waals surface area contributed by atoms with Crippen LogP contribution in [0.15, 0.2) is 33.7 Å². The van der Waals surface area contributed by atoms with E-state index in [1.54, 1.807) is 19.1 Å². The van der Waals surface area contributed by atoms with Crippen LogP contribution in [-0.4, -0.2) is 24.5 Å². The van der Waals surface area contributed by atoms with Crippen molar-refractivity contribution in [2.45, 2.75) is 24.8 Å². The highest BCUT2D eigenvalue weighted by Crippen LogP contribution is 2.08. The highest BCUT2D eigenvalue weighted by Gasteiger charge is 2.10. The van der Waals surface area contributed by atoms with Gasteiger partial charge in [-0.2, -0.15) is 4.98 Å². The van der Waals surface area contributed by atoms with E-state index in [4.69, 9.17) is 9.66 Å². The van der Waals surface area contributed by atoms with Gasteiger partial charge in [0, 0.05) is 6.54 Å². The first kappa shape index (κ1) is 15.1. The molecule has 112 valence electrons. The lowest BCUT2D eigenvalue weighted by Crippen LogP contribution is -2.24. The van der Waals surface area contributed by atoms with Gasteiger partial charge < -0.3 is 9.84 Å². The fourth-order valence-electron chi connectivity index (χ4n) is 1.61. The molecule has 0 atom stereocenters. The van der Waals surface area contributed by atoms with E-state index < -0.39 is 10.0 Å². The van der Waals surface area contributed by atoms with Crippen LogP contribution in [0.4, 0.5) is 0 Å². The molecule has 0 unspecified atom stereocenters. The van der Waals surface area contributed by atoms with Gasteiger partial charge in [-0.1, -0.05) is 17.3 Å². The van der Waals surface area contributed by atoms with Crippen molar-refractivity contribution in [3.05, 3.63) is 41.5 Å². The van der Waals surface area contributed by atoms with Gasteiger partial charge in [0.25, 0.3) is 0 Å². The second-order valence-electron chi connectivity index (χ2n) is 4.38. The Bertz CT molecular complexity index is 737. The average molecular weight is 310 g/mol. The topological polar surface area (TPSA) is 128 Å². The Balaban J connectivity index is 1.89. The molecule has 2 rings (SSSR count). The van der Waals surface area contributed by atoms with E-state index in [9.17, 15) is 13.2 Å². The van der Waals surface area contributed by atoms with Gasteiger partial charge in [-0.25, -0.2) is 13.6 Å². The van der Waals surface area contributed by atoms with E-state index in [-0.39, 0.29) is 29.7 Å². The van der Waals surface area contributed by atoms with Gasteiger partial charge in [-0.05, 0) is 24.6 Å². The third-order valence-electron chi connectivity index (χ3n) is 2.62. The number of aromatic nitrogens is 2. The molecule has 1 aromatic carbocycles. The molecule has 3 N–H and O–H groups in total. The van der Waals surface area contributed by atoms with Crippen LogP contribution >= 0.6 is 0 Å². The Morgan fingerprint density at radius 1 is 1.33 bits per heavy atom. The summed E-state index contributed by atoms with van der Waals surface area (Å²) in [4.78, 5) is 15.6. The number of carbonyl (C=O) groups is 1. The first-order valence-electron chi connectivity index (χ1n) is 6.02. The van der Waals surface area contributed by atoms with Crippen LogP contribution in [-0.2, 0) is 27.8 Å². The van der Waals surface area contributed by atoms with Gasteiger partial charge in [-0.3, -0.25) is 4.79 Å². The summed E-state index contributed by atoms with van der Waals surface area (Å²) in [5, 5.41) is 11.2. The number of rotatable bonds is 5. The normalized spacial score (nSPS) is 11.3. The number of sulfonamides is 1. The molecule has 0 spiro atoms. The summed E-state index contributed by atoms with van der Waals surface area (Å²) in [6, 6.07) is 5.93. The zero-order valence-electron chi connectivity index (χ0n) is 11.2. The summed E-state index contributed by atoms with van der Waals surface area (Å²) in [6.45, 7) is 1.93. The first-order chi connectivity index (χ1) is 9.84. The molecule has 2 aromatic rings. The number of nitrogens with one attached hydrogen (secondary N) is 1. The first-order valence-corrected chi connectivity index (χ1v) is 7.57. The van der Waals surface area contributed by atoms with Gasteiger partial charge >= 0.3 is 0 Å². The number of primary sulfonamides is 1. The Hall–Kier alpha value is -2.26. The van der Waals surface area contributed by atoms with Crippen molar-refractivity contribution in [3.63, 3.8) is 0 Å². The van der Waals surface area contributed by atoms with Crippen molar-refractivity contribution in [3.8, 4) is 0 Å². The number of hydrogen-bond acceptors (Lipinski definition) is 6. The molecular weight excluding hydrogens is 296 g/mol. The van der Waals surface area contributed by atoms with Crippen molar-refractivity contribution >= 4 is 15.9 Å². The van der Waals surface area contributed by atoms with Crippen molar-refractivity contribution in [2.24, 2.45) is 5.14 Å². The van der Waals surface area contributed by atoms with Crippen LogP contribution in [0, 0.1) is 6.92 Å². The monoisotopic (exact) mass is 310 g/mol. The summed E-state index contributed by atoms with van der Waals surface area (Å²) in [6.07, 6.45) is -0.00387. The SMILES string of the molecule is Cc1noc(CC(=O)NCc2ccc(S(N)(=O)=O)cc2)n1. The quantitative estimate of drug-likeness (QED) is 0.792. The molecule has 9 heteroatoms. The van der Waals surface area contributed by atoms with Gasteiger partial charge in [0.05, 0.1) is 4.90 Å². The lowest BCUT2D eigenvalue weighted by molar-refractivity contribution is -0.120. The molecule has 1 amide bonds. The zero-order valence-corrected chi connectivity index (χ0v) is 12.1. The third-order valence-corrected chi connectivity index (χ3v) is 3.55. The minimum Gasteiger partial charge on any atom is -0.352 e. The summed E-state index contributed by atoms with van der Waals surface area (Å²) < 4.78 is 27.0. The molecule has 0 aliphatic heterocycles. The van der Waals surface area contributed by atoms with Crippen LogP contribution < -0.4 is 10.5 Å². The van der Waals surface area contributed by atoms with Crippen LogP contribution in [0.25, 0.3) is 0 Å². The molecule has 0 aliphatic rings.